The maximum absolute atomic E-state index is 12.9. The maximum atomic E-state index is 12.9. The van der Waals surface area contributed by atoms with Crippen molar-refractivity contribution in [1.29, 1.82) is 0 Å². The zero-order valence-corrected chi connectivity index (χ0v) is 24.1. The molecule has 7 heteroatoms. The Bertz CT molecular complexity index is 1220. The highest BCUT2D eigenvalue weighted by Crippen LogP contribution is 2.59. The Morgan fingerprint density at radius 3 is 2.33 bits per heavy atom. The van der Waals surface area contributed by atoms with Gasteiger partial charge in [-0.1, -0.05) is 35.9 Å². The van der Waals surface area contributed by atoms with E-state index in [1.807, 2.05) is 48.5 Å². The molecule has 5 rings (SSSR count). The lowest BCUT2D eigenvalue weighted by molar-refractivity contribution is -0.166. The molecule has 1 spiro atoms. The Labute approximate surface area is 237 Å². The van der Waals surface area contributed by atoms with E-state index in [-0.39, 0.29) is 35.4 Å². The van der Waals surface area contributed by atoms with Gasteiger partial charge in [0.25, 0.3) is 0 Å². The highest BCUT2D eigenvalue weighted by atomic mass is 16.6. The first kappa shape index (κ1) is 28.6. The molecule has 0 radical (unpaired) electrons. The molecule has 0 bridgehead atoms. The molecule has 2 aromatic rings. The second kappa shape index (κ2) is 11.9. The van der Waals surface area contributed by atoms with Crippen LogP contribution < -0.4 is 4.74 Å². The number of methoxy groups -OCH3 is 2. The Morgan fingerprint density at radius 1 is 1.05 bits per heavy atom. The number of hydrogen-bond donors (Lipinski definition) is 0. The minimum atomic E-state index is -0.391. The molecule has 40 heavy (non-hydrogen) atoms. The lowest BCUT2D eigenvalue weighted by Gasteiger charge is -2.42. The molecule has 6 atom stereocenters. The lowest BCUT2D eigenvalue weighted by Crippen LogP contribution is -2.55. The molecule has 0 N–H and O–H groups in total. The highest BCUT2D eigenvalue weighted by Gasteiger charge is 2.72. The van der Waals surface area contributed by atoms with Crippen molar-refractivity contribution in [1.82, 2.24) is 0 Å². The van der Waals surface area contributed by atoms with E-state index in [2.05, 4.69) is 26.8 Å². The first-order chi connectivity index (χ1) is 19.3. The Kier molecular flexibility index (Phi) is 8.47. The summed E-state index contributed by atoms with van der Waals surface area (Å²) in [5.74, 6) is 1.07. The van der Waals surface area contributed by atoms with E-state index in [1.54, 1.807) is 20.3 Å². The molecule has 0 amide bonds. The third-order valence-electron chi connectivity index (χ3n) is 8.27. The summed E-state index contributed by atoms with van der Waals surface area (Å²) in [5.41, 5.74) is 2.62. The van der Waals surface area contributed by atoms with Crippen molar-refractivity contribution in [2.24, 2.45) is 5.92 Å². The standard InChI is InChI=1S/C33H40O7/c1-22(2)6-16-28-32(3,40-28)31-30(36-5)27(18-19-33(31)21-37-33)39-29(34)17-11-23-7-12-25(13-8-23)38-26-14-9-24(10-15-26)20-35-4/h6-15,17,27-28,30-31H,16,18-21H2,1-5H3/b17-11+/t27-,28+,30-,31-,32?,33+/m1/s1. The van der Waals surface area contributed by atoms with Gasteiger partial charge in [0.2, 0.25) is 0 Å². The first-order valence-electron chi connectivity index (χ1n) is 14.0. The molecule has 2 heterocycles. The second-order valence-electron chi connectivity index (χ2n) is 11.4. The van der Waals surface area contributed by atoms with Gasteiger partial charge in [-0.15, -0.1) is 0 Å². The Hall–Kier alpha value is -2.97. The van der Waals surface area contributed by atoms with Gasteiger partial charge in [0.15, 0.2) is 0 Å². The smallest absolute Gasteiger partial charge is 0.331 e. The van der Waals surface area contributed by atoms with Crippen LogP contribution in [0.15, 0.2) is 66.3 Å². The van der Waals surface area contributed by atoms with Crippen LogP contribution in [0.2, 0.25) is 0 Å². The van der Waals surface area contributed by atoms with Gasteiger partial charge in [0.05, 0.1) is 25.2 Å². The Morgan fingerprint density at radius 2 is 1.73 bits per heavy atom. The number of benzene rings is 2. The summed E-state index contributed by atoms with van der Waals surface area (Å²) in [6.07, 6.45) is 7.27. The third-order valence-corrected chi connectivity index (χ3v) is 8.27. The molecule has 2 aromatic carbocycles. The van der Waals surface area contributed by atoms with Crippen LogP contribution in [0.25, 0.3) is 6.08 Å². The number of ether oxygens (including phenoxy) is 6. The fourth-order valence-corrected chi connectivity index (χ4v) is 6.03. The number of carbonyl (C=O) groups is 1. The predicted molar refractivity (Wildman–Crippen MR) is 152 cm³/mol. The average Bonchev–Trinajstić information content (AvgIpc) is 3.86. The largest absolute Gasteiger partial charge is 0.457 e. The van der Waals surface area contributed by atoms with Crippen LogP contribution in [-0.2, 0) is 35.1 Å². The SMILES string of the molecule is COCc1ccc(Oc2ccc(/C=C/C(=O)O[C@@H]3CC[C@]4(CO4)[C@@H](C4(C)O[C@H]4CC=C(C)C)[C@@H]3OC)cc2)cc1. The zero-order valence-electron chi connectivity index (χ0n) is 24.1. The van der Waals surface area contributed by atoms with Crippen LogP contribution in [-0.4, -0.2) is 56.3 Å². The average molecular weight is 549 g/mol. The topological polar surface area (TPSA) is 79.1 Å². The predicted octanol–water partition coefficient (Wildman–Crippen LogP) is 6.26. The van der Waals surface area contributed by atoms with Gasteiger partial charge in [-0.2, -0.15) is 0 Å². The van der Waals surface area contributed by atoms with Crippen molar-refractivity contribution in [3.63, 3.8) is 0 Å². The summed E-state index contributed by atoms with van der Waals surface area (Å²) in [5, 5.41) is 0. The molecular weight excluding hydrogens is 508 g/mol. The fourth-order valence-electron chi connectivity index (χ4n) is 6.03. The van der Waals surface area contributed by atoms with Crippen molar-refractivity contribution >= 4 is 12.0 Å². The quantitative estimate of drug-likeness (QED) is 0.142. The molecule has 1 unspecified atom stereocenters. The number of allylic oxidation sites excluding steroid dienone is 1. The molecule has 3 aliphatic rings. The van der Waals surface area contributed by atoms with Crippen LogP contribution in [0.5, 0.6) is 11.5 Å². The van der Waals surface area contributed by atoms with Crippen molar-refractivity contribution in [3.05, 3.63) is 77.4 Å². The monoisotopic (exact) mass is 548 g/mol. The van der Waals surface area contributed by atoms with Crippen molar-refractivity contribution in [2.75, 3.05) is 20.8 Å². The van der Waals surface area contributed by atoms with Crippen LogP contribution in [0.3, 0.4) is 0 Å². The third kappa shape index (κ3) is 6.33. The van der Waals surface area contributed by atoms with Gasteiger partial charge in [-0.05, 0) is 81.5 Å². The molecule has 0 aromatic heterocycles. The summed E-state index contributed by atoms with van der Waals surface area (Å²) < 4.78 is 35.2. The number of epoxide rings is 2. The minimum Gasteiger partial charge on any atom is -0.457 e. The summed E-state index contributed by atoms with van der Waals surface area (Å²) in [4.78, 5) is 12.9. The van der Waals surface area contributed by atoms with Gasteiger partial charge in [-0.3, -0.25) is 0 Å². The van der Waals surface area contributed by atoms with Crippen LogP contribution in [0.1, 0.15) is 51.2 Å². The lowest BCUT2D eigenvalue weighted by atomic mass is 9.68. The van der Waals surface area contributed by atoms with E-state index in [0.29, 0.717) is 25.4 Å². The zero-order chi connectivity index (χ0) is 28.3. The van der Waals surface area contributed by atoms with Crippen molar-refractivity contribution < 1.29 is 33.2 Å². The normalized spacial score (nSPS) is 30.7. The molecule has 214 valence electrons. The second-order valence-corrected chi connectivity index (χ2v) is 11.4. The molecule has 2 saturated heterocycles. The Balaban J connectivity index is 1.18. The molecule has 7 nitrogen and oxygen atoms in total. The van der Waals surface area contributed by atoms with E-state index >= 15 is 0 Å². The van der Waals surface area contributed by atoms with Gasteiger partial charge in [0.1, 0.15) is 34.9 Å². The fraction of sp³-hybridized carbons (Fsp3) is 0.485. The van der Waals surface area contributed by atoms with Gasteiger partial charge < -0.3 is 28.4 Å². The molecule has 1 aliphatic carbocycles. The van der Waals surface area contributed by atoms with Gasteiger partial charge in [0, 0.05) is 20.3 Å². The summed E-state index contributed by atoms with van der Waals surface area (Å²) >= 11 is 0. The van der Waals surface area contributed by atoms with E-state index < -0.39 is 5.97 Å². The highest BCUT2D eigenvalue weighted by molar-refractivity contribution is 5.87. The van der Waals surface area contributed by atoms with Gasteiger partial charge >= 0.3 is 5.97 Å². The van der Waals surface area contributed by atoms with Crippen LogP contribution >= 0.6 is 0 Å². The molecule has 2 aliphatic heterocycles. The summed E-state index contributed by atoms with van der Waals surface area (Å²) in [7, 11) is 3.36. The molecule has 1 saturated carbocycles. The number of carbonyl (C=O) groups excluding carboxylic acids is 1. The first-order valence-corrected chi connectivity index (χ1v) is 14.0. The number of hydrogen-bond acceptors (Lipinski definition) is 7. The van der Waals surface area contributed by atoms with E-state index in [0.717, 1.165) is 29.7 Å². The van der Waals surface area contributed by atoms with Gasteiger partial charge in [-0.25, -0.2) is 4.79 Å². The minimum absolute atomic E-state index is 0.000169. The van der Waals surface area contributed by atoms with Crippen LogP contribution in [0.4, 0.5) is 0 Å². The van der Waals surface area contributed by atoms with E-state index in [9.17, 15) is 4.79 Å². The van der Waals surface area contributed by atoms with Crippen molar-refractivity contribution in [3.8, 4) is 11.5 Å². The number of esters is 1. The van der Waals surface area contributed by atoms with E-state index in [1.165, 1.54) is 11.6 Å². The maximum Gasteiger partial charge on any atom is 0.331 e. The number of rotatable bonds is 11. The van der Waals surface area contributed by atoms with Crippen molar-refractivity contribution in [2.45, 2.75) is 76.2 Å². The van der Waals surface area contributed by atoms with E-state index in [4.69, 9.17) is 28.4 Å². The van der Waals surface area contributed by atoms with Crippen LogP contribution in [0, 0.1) is 5.92 Å². The molecule has 3 fully saturated rings. The summed E-state index contributed by atoms with van der Waals surface area (Å²) in [6, 6.07) is 15.3. The summed E-state index contributed by atoms with van der Waals surface area (Å²) in [6.45, 7) is 7.60. The molecular formula is C33H40O7.